The maximum atomic E-state index is 14.5. The Bertz CT molecular complexity index is 3700. The van der Waals surface area contributed by atoms with Crippen molar-refractivity contribution in [3.8, 4) is 0 Å². The number of imide groups is 2. The Morgan fingerprint density at radius 1 is 0.800 bits per heavy atom. The predicted molar refractivity (Wildman–Crippen MR) is 336 cm³/mol. The molecule has 0 aromatic heterocycles. The number of amides is 6. The molecule has 2 bridgehead atoms. The molecule has 1 unspecified atom stereocenters. The molecule has 25 heteroatoms. The van der Waals surface area contributed by atoms with E-state index >= 15 is 0 Å². The van der Waals surface area contributed by atoms with E-state index in [1.807, 2.05) is 35.1 Å². The summed E-state index contributed by atoms with van der Waals surface area (Å²) in [4.78, 5) is 85.6. The summed E-state index contributed by atoms with van der Waals surface area (Å²) < 4.78 is 99.9. The number of rotatable bonds is 23. The highest BCUT2D eigenvalue weighted by Gasteiger charge is 2.68. The number of nitrogens with one attached hydrogen (secondary N) is 4. The molecule has 0 spiro atoms. The molecular weight excluding hydrogens is 1220 g/mol. The number of anilines is 3. The first-order chi connectivity index (χ1) is 42.7. The van der Waals surface area contributed by atoms with Gasteiger partial charge in [0.25, 0.3) is 37.6 Å². The number of allylic oxidation sites excluding steroid dienone is 1. The monoisotopic (exact) mass is 1300 g/mol. The molecule has 4 heterocycles. The van der Waals surface area contributed by atoms with E-state index in [9.17, 15) is 58.8 Å². The maximum absolute atomic E-state index is 14.5. The van der Waals surface area contributed by atoms with Crippen molar-refractivity contribution in [2.45, 2.75) is 130 Å². The molecule has 3 saturated carbocycles. The summed E-state index contributed by atoms with van der Waals surface area (Å²) >= 11 is 1.39. The minimum Gasteiger partial charge on any atom is -0.385 e. The lowest BCUT2D eigenvalue weighted by Crippen LogP contribution is -2.63. The molecule has 12 rings (SSSR count). The first-order valence-corrected chi connectivity index (χ1v) is 35.1. The number of sulfonamides is 1. The van der Waals surface area contributed by atoms with E-state index in [-0.39, 0.29) is 47.6 Å². The zero-order chi connectivity index (χ0) is 64.0. The van der Waals surface area contributed by atoms with E-state index in [4.69, 9.17) is 0 Å². The number of fused-ring (bicyclic) bond motifs is 1. The second-order valence-corrected chi connectivity index (χ2v) is 30.8. The summed E-state index contributed by atoms with van der Waals surface area (Å²) in [5, 5.41) is 8.37. The maximum Gasteiger partial charge on any atom is 0.501 e. The van der Waals surface area contributed by atoms with Gasteiger partial charge in [-0.3, -0.25) is 48.8 Å². The number of hydrogen-bond donors (Lipinski definition) is 4. The van der Waals surface area contributed by atoms with Gasteiger partial charge in [-0.1, -0.05) is 56.5 Å². The number of piperidine rings is 1. The van der Waals surface area contributed by atoms with Gasteiger partial charge in [-0.2, -0.15) is 13.2 Å². The summed E-state index contributed by atoms with van der Waals surface area (Å²) in [6.45, 7) is 13.9. The Hall–Kier alpha value is -6.80. The van der Waals surface area contributed by atoms with Gasteiger partial charge < -0.3 is 20.4 Å². The molecular formula is C65H78F3N9O10S3. The summed E-state index contributed by atoms with van der Waals surface area (Å²) in [7, 11) is -11.1. The Balaban J connectivity index is 0.678. The standard InChI is InChI=1S/C65H78F3N9O10S3/c1-4-63-40-64(41-63,42-63)52-37-62(2,3)24-22-44(52)38-74-29-31-75(32-30-74)47-15-12-43(13-16-47)58(80)72-90(86,87)49-17-19-53(55(36-49)89(84,85)65(66,67)68)70-46(39-88-48-9-6-5-7-10-48)23-26-73-27-33-76(34-28-73)57(79)11-8-25-69-45-14-18-50-51(35-45)61(83)77(60(50)82)54-20-21-56(78)71-59(54)81/h5-7,9-10,12-19,35-36,46,54,69-70H,4,8,11,20-34,37-42H2,1-3H3,(H,72,80)(H,71,78,81)/t46-,54?,63?,64?/m1/s1. The fraction of sp³-hybridized carbons (Fsp3) is 0.508. The number of sulfone groups is 1. The zero-order valence-corrected chi connectivity index (χ0v) is 53.4. The SMILES string of the molecule is CCC12CC(C3=C(CN4CCN(c5ccc(C(=O)NS(=O)(=O)c6ccc(N[C@H](CCN7CCN(C(=O)CCCNc8ccc9c(c8)C(=O)N(C8CCC(=O)NC8=O)C9=O)CC7)CSc7ccccc7)c(S(=O)(=O)C(F)(F)F)c6)cc5)CC4)CCC(C)(C)C3)(C1)C2. The number of benzene rings is 4. The predicted octanol–water partition coefficient (Wildman–Crippen LogP) is 8.71. The molecule has 3 saturated heterocycles. The van der Waals surface area contributed by atoms with Crippen molar-refractivity contribution in [2.75, 3.05) is 93.3 Å². The number of carbonyl (C=O) groups is 6. The molecule has 90 heavy (non-hydrogen) atoms. The quantitative estimate of drug-likeness (QED) is 0.0235. The van der Waals surface area contributed by atoms with Crippen molar-refractivity contribution in [3.05, 3.63) is 119 Å². The number of carbonyl (C=O) groups excluding carboxylic acids is 6. The van der Waals surface area contributed by atoms with Crippen LogP contribution in [0.15, 0.2) is 117 Å². The highest BCUT2D eigenvalue weighted by atomic mass is 32.2. The number of hydrogen-bond acceptors (Lipinski definition) is 16. The molecule has 2 atom stereocenters. The van der Waals surface area contributed by atoms with E-state index in [0.29, 0.717) is 80.1 Å². The molecule has 4 aliphatic heterocycles. The van der Waals surface area contributed by atoms with E-state index in [0.717, 1.165) is 66.8 Å². The van der Waals surface area contributed by atoms with Crippen LogP contribution in [-0.4, -0.2) is 167 Å². The molecule has 4 aromatic carbocycles. The molecule has 8 aliphatic rings. The van der Waals surface area contributed by atoms with Gasteiger partial charge in [-0.15, -0.1) is 11.8 Å². The third kappa shape index (κ3) is 13.7. The highest BCUT2D eigenvalue weighted by Crippen LogP contribution is 2.79. The fourth-order valence-electron chi connectivity index (χ4n) is 14.3. The van der Waals surface area contributed by atoms with Crippen molar-refractivity contribution in [3.63, 3.8) is 0 Å². The van der Waals surface area contributed by atoms with Crippen LogP contribution in [0.4, 0.5) is 30.2 Å². The minimum atomic E-state index is -6.16. The number of thioether (sulfide) groups is 1. The van der Waals surface area contributed by atoms with Crippen molar-refractivity contribution < 1.29 is 58.8 Å². The van der Waals surface area contributed by atoms with Gasteiger partial charge in [0.1, 0.15) is 10.9 Å². The minimum absolute atomic E-state index is 0.00643. The Morgan fingerprint density at radius 2 is 1.49 bits per heavy atom. The highest BCUT2D eigenvalue weighted by molar-refractivity contribution is 7.99. The molecule has 4 N–H and O–H groups in total. The van der Waals surface area contributed by atoms with Crippen molar-refractivity contribution >= 4 is 84.1 Å². The largest absolute Gasteiger partial charge is 0.501 e. The van der Waals surface area contributed by atoms with Crippen molar-refractivity contribution in [1.29, 1.82) is 0 Å². The van der Waals surface area contributed by atoms with Gasteiger partial charge in [-0.25, -0.2) is 21.6 Å². The third-order valence-electron chi connectivity index (χ3n) is 19.5. The second-order valence-electron chi connectivity index (χ2n) is 26.2. The normalized spacial score (nSPS) is 23.4. The van der Waals surface area contributed by atoms with Gasteiger partial charge in [0.2, 0.25) is 17.7 Å². The smallest absolute Gasteiger partial charge is 0.385 e. The first-order valence-electron chi connectivity index (χ1n) is 31.1. The molecule has 4 aliphatic carbocycles. The van der Waals surface area contributed by atoms with Gasteiger partial charge >= 0.3 is 5.51 Å². The van der Waals surface area contributed by atoms with E-state index < -0.39 is 82.5 Å². The molecule has 0 radical (unpaired) electrons. The summed E-state index contributed by atoms with van der Waals surface area (Å²) in [5.41, 5.74) is 0.0809. The Morgan fingerprint density at radius 3 is 2.17 bits per heavy atom. The average Bonchev–Trinajstić information content (AvgIpc) is 0.776. The van der Waals surface area contributed by atoms with Crippen molar-refractivity contribution in [2.24, 2.45) is 16.2 Å². The Kier molecular flexibility index (Phi) is 18.5. The van der Waals surface area contributed by atoms with Gasteiger partial charge in [0, 0.05) is 118 Å². The van der Waals surface area contributed by atoms with Gasteiger partial charge in [0.15, 0.2) is 0 Å². The van der Waals surface area contributed by atoms with Gasteiger partial charge in [-0.05, 0) is 147 Å². The Labute approximate surface area is 528 Å². The summed E-state index contributed by atoms with van der Waals surface area (Å²) in [6, 6.07) is 21.0. The third-order valence-corrected chi connectivity index (χ3v) is 23.5. The number of nitrogens with zero attached hydrogens (tertiary/aromatic N) is 5. The van der Waals surface area contributed by atoms with Crippen LogP contribution >= 0.6 is 11.8 Å². The molecule has 482 valence electrons. The number of halogens is 3. The number of piperazine rings is 2. The van der Waals surface area contributed by atoms with Crippen LogP contribution in [0.5, 0.6) is 0 Å². The summed E-state index contributed by atoms with van der Waals surface area (Å²) in [5.74, 6) is -3.26. The van der Waals surface area contributed by atoms with Crippen LogP contribution in [0, 0.1) is 16.2 Å². The van der Waals surface area contributed by atoms with Crippen LogP contribution in [0.2, 0.25) is 0 Å². The van der Waals surface area contributed by atoms with E-state index in [1.165, 1.54) is 74.6 Å². The van der Waals surface area contributed by atoms with E-state index in [1.54, 1.807) is 34.2 Å². The van der Waals surface area contributed by atoms with Crippen molar-refractivity contribution in [1.82, 2.24) is 29.6 Å². The lowest BCUT2D eigenvalue weighted by Gasteiger charge is -2.73. The lowest BCUT2D eigenvalue weighted by atomic mass is 9.31. The summed E-state index contributed by atoms with van der Waals surface area (Å²) in [6.07, 6.45) is 9.84. The lowest BCUT2D eigenvalue weighted by molar-refractivity contribution is -0.182. The van der Waals surface area contributed by atoms with Crippen LogP contribution in [0.25, 0.3) is 0 Å². The van der Waals surface area contributed by atoms with Crippen LogP contribution < -0.4 is 25.6 Å². The second kappa shape index (κ2) is 25.7. The first kappa shape index (κ1) is 64.7. The molecule has 4 aromatic rings. The van der Waals surface area contributed by atoms with Crippen LogP contribution in [-0.2, 0) is 34.2 Å². The number of alkyl halides is 3. The van der Waals surface area contributed by atoms with Gasteiger partial charge in [0.05, 0.1) is 21.7 Å². The average molecular weight is 1300 g/mol. The fourth-order valence-corrected chi connectivity index (χ4v) is 17.3. The topological polar surface area (TPSA) is 235 Å². The van der Waals surface area contributed by atoms with E-state index in [2.05, 4.69) is 51.4 Å². The molecule has 19 nitrogen and oxygen atoms in total. The molecule has 6 fully saturated rings. The zero-order valence-electron chi connectivity index (χ0n) is 51.0. The van der Waals surface area contributed by atoms with Crippen LogP contribution in [0.1, 0.15) is 129 Å². The molecule has 6 amide bonds. The van der Waals surface area contributed by atoms with Crippen LogP contribution in [0.3, 0.4) is 0 Å².